The number of benzene rings is 2. The van der Waals surface area contributed by atoms with E-state index in [1.165, 1.54) is 115 Å². The summed E-state index contributed by atoms with van der Waals surface area (Å²) in [6, 6.07) is 16.4. The van der Waals surface area contributed by atoms with Crippen LogP contribution in [0.15, 0.2) is 48.5 Å². The van der Waals surface area contributed by atoms with Gasteiger partial charge in [-0.2, -0.15) is 0 Å². The van der Waals surface area contributed by atoms with Crippen LogP contribution in [0.5, 0.6) is 0 Å². The first-order chi connectivity index (χ1) is 19.1. The molecule has 2 aromatic rings. The molecule has 39 heavy (non-hydrogen) atoms. The summed E-state index contributed by atoms with van der Waals surface area (Å²) in [6.45, 7) is 4.53. The summed E-state index contributed by atoms with van der Waals surface area (Å²) in [4.78, 5) is 11.3. The third-order valence-corrected chi connectivity index (χ3v) is 10.2. The van der Waals surface area contributed by atoms with Crippen molar-refractivity contribution in [2.24, 2.45) is 0 Å². The average Bonchev–Trinajstić information content (AvgIpc) is 2.95. The summed E-state index contributed by atoms with van der Waals surface area (Å²) in [6.07, 6.45) is 27.0. The molecule has 1 unspecified atom stereocenters. The van der Waals surface area contributed by atoms with Gasteiger partial charge < -0.3 is 4.89 Å². The molecule has 0 aliphatic heterocycles. The molecule has 1 atom stereocenters. The lowest BCUT2D eigenvalue weighted by Gasteiger charge is -2.20. The Bertz CT molecular complexity index is 908. The molecule has 0 aliphatic rings. The Morgan fingerprint density at radius 3 is 1.51 bits per heavy atom. The second kappa shape index (κ2) is 21.4. The summed E-state index contributed by atoms with van der Waals surface area (Å²) in [7, 11) is -3.41. The fraction of sp³-hybridized carbons (Fsp3) is 0.667. The van der Waals surface area contributed by atoms with Gasteiger partial charge in [-0.25, -0.2) is 0 Å². The van der Waals surface area contributed by atoms with Crippen LogP contribution in [-0.4, -0.2) is 11.1 Å². The number of hydrogen-bond acceptors (Lipinski definition) is 1. The monoisotopic (exact) mass is 554 g/mol. The van der Waals surface area contributed by atoms with Gasteiger partial charge in [0, 0.05) is 11.5 Å². The van der Waals surface area contributed by atoms with E-state index in [1.54, 1.807) is 0 Å². The molecule has 0 fully saturated rings. The maximum absolute atomic E-state index is 13.7. The number of rotatable bonds is 24. The average molecular weight is 555 g/mol. The summed E-state index contributed by atoms with van der Waals surface area (Å²) < 4.78 is 13.7. The molecule has 220 valence electrons. The minimum atomic E-state index is -3.41. The Morgan fingerprint density at radius 2 is 1.00 bits per heavy atom. The van der Waals surface area contributed by atoms with Crippen LogP contribution in [0.1, 0.15) is 148 Å². The van der Waals surface area contributed by atoms with Gasteiger partial charge in [0.15, 0.2) is 0 Å². The second-order valence-electron chi connectivity index (χ2n) is 11.7. The molecule has 2 aromatic carbocycles. The quantitative estimate of drug-likeness (QED) is 0.103. The van der Waals surface area contributed by atoms with Gasteiger partial charge in [0.2, 0.25) is 7.37 Å². The molecule has 0 bridgehead atoms. The lowest BCUT2D eigenvalue weighted by Crippen LogP contribution is -2.13. The zero-order chi connectivity index (χ0) is 28.0. The summed E-state index contributed by atoms with van der Waals surface area (Å²) in [5, 5.41) is 0.673. The van der Waals surface area contributed by atoms with Crippen LogP contribution in [-0.2, 0) is 11.0 Å². The van der Waals surface area contributed by atoms with E-state index in [4.69, 9.17) is 0 Å². The minimum Gasteiger partial charge on any atom is -0.341 e. The molecule has 3 heteroatoms. The maximum Gasteiger partial charge on any atom is 0.230 e. The van der Waals surface area contributed by atoms with Crippen molar-refractivity contribution in [3.8, 4) is 11.1 Å². The third-order valence-electron chi connectivity index (χ3n) is 8.18. The Hall–Kier alpha value is -1.37. The summed E-state index contributed by atoms with van der Waals surface area (Å²) in [5.41, 5.74) is 3.32. The van der Waals surface area contributed by atoms with Gasteiger partial charge in [0.1, 0.15) is 0 Å². The zero-order valence-electron chi connectivity index (χ0n) is 25.5. The highest BCUT2D eigenvalue weighted by atomic mass is 31.2. The van der Waals surface area contributed by atoms with Gasteiger partial charge in [0.25, 0.3) is 0 Å². The maximum atomic E-state index is 13.7. The highest BCUT2D eigenvalue weighted by Gasteiger charge is 2.26. The van der Waals surface area contributed by atoms with Crippen molar-refractivity contribution in [1.29, 1.82) is 0 Å². The molecule has 0 saturated heterocycles. The van der Waals surface area contributed by atoms with Crippen LogP contribution in [0.2, 0.25) is 0 Å². The fourth-order valence-electron chi connectivity index (χ4n) is 5.76. The van der Waals surface area contributed by atoms with Gasteiger partial charge in [-0.15, -0.1) is 0 Å². The van der Waals surface area contributed by atoms with E-state index in [0.717, 1.165) is 36.8 Å². The normalized spacial score (nSPS) is 13.0. The summed E-state index contributed by atoms with van der Waals surface area (Å²) in [5.74, 6) is 0. The van der Waals surface area contributed by atoms with E-state index < -0.39 is 7.37 Å². The first-order valence-electron chi connectivity index (χ1n) is 16.6. The molecule has 0 aromatic heterocycles. The molecular weight excluding hydrogens is 495 g/mol. The highest BCUT2D eigenvalue weighted by Crippen LogP contribution is 2.44. The Balaban J connectivity index is 1.79. The molecule has 0 saturated carbocycles. The number of hydrogen-bond donors (Lipinski definition) is 1. The predicted octanol–water partition coefficient (Wildman–Crippen LogP) is 11.6. The molecule has 0 heterocycles. The summed E-state index contributed by atoms with van der Waals surface area (Å²) >= 11 is 0. The molecule has 2 rings (SSSR count). The van der Waals surface area contributed by atoms with Gasteiger partial charge in [-0.3, -0.25) is 4.57 Å². The van der Waals surface area contributed by atoms with E-state index in [1.807, 2.05) is 30.3 Å². The molecular formula is C36H59O2P. The first-order valence-corrected chi connectivity index (χ1v) is 18.4. The van der Waals surface area contributed by atoms with E-state index in [-0.39, 0.29) is 0 Å². The minimum absolute atomic E-state index is 0.394. The fourth-order valence-corrected chi connectivity index (χ4v) is 7.60. The van der Waals surface area contributed by atoms with Gasteiger partial charge in [0.05, 0.1) is 0 Å². The van der Waals surface area contributed by atoms with Crippen LogP contribution < -0.4 is 5.30 Å². The van der Waals surface area contributed by atoms with Crippen molar-refractivity contribution < 1.29 is 9.46 Å². The van der Waals surface area contributed by atoms with Crippen LogP contribution >= 0.6 is 7.37 Å². The van der Waals surface area contributed by atoms with Crippen molar-refractivity contribution >= 4 is 12.7 Å². The van der Waals surface area contributed by atoms with Gasteiger partial charge in [-0.05, 0) is 42.0 Å². The topological polar surface area (TPSA) is 37.3 Å². The molecule has 2 nitrogen and oxygen atoms in total. The SMILES string of the molecule is CCCCCCCCCCCCCCCCP(=O)(O)c1cccc(CCCCCCCC)c1-c1ccccc1. The smallest absolute Gasteiger partial charge is 0.230 e. The van der Waals surface area contributed by atoms with Crippen LogP contribution in [0.3, 0.4) is 0 Å². The Labute approximate surface area is 241 Å². The zero-order valence-corrected chi connectivity index (χ0v) is 26.4. The Kier molecular flexibility index (Phi) is 18.6. The van der Waals surface area contributed by atoms with Crippen molar-refractivity contribution in [2.45, 2.75) is 149 Å². The Morgan fingerprint density at radius 1 is 0.538 bits per heavy atom. The second-order valence-corrected chi connectivity index (χ2v) is 14.0. The van der Waals surface area contributed by atoms with E-state index in [2.05, 4.69) is 32.0 Å². The number of unbranched alkanes of at least 4 members (excludes halogenated alkanes) is 18. The lowest BCUT2D eigenvalue weighted by atomic mass is 9.95. The van der Waals surface area contributed by atoms with Crippen LogP contribution in [0.4, 0.5) is 0 Å². The lowest BCUT2D eigenvalue weighted by molar-refractivity contribution is 0.485. The van der Waals surface area contributed by atoms with Crippen LogP contribution in [0.25, 0.3) is 11.1 Å². The van der Waals surface area contributed by atoms with Gasteiger partial charge in [-0.1, -0.05) is 172 Å². The van der Waals surface area contributed by atoms with Crippen molar-refractivity contribution in [1.82, 2.24) is 0 Å². The van der Waals surface area contributed by atoms with Crippen molar-refractivity contribution in [3.63, 3.8) is 0 Å². The first kappa shape index (κ1) is 33.8. The highest BCUT2D eigenvalue weighted by molar-refractivity contribution is 7.66. The number of aryl methyl sites for hydroxylation is 1. The largest absolute Gasteiger partial charge is 0.341 e. The van der Waals surface area contributed by atoms with E-state index in [0.29, 0.717) is 11.5 Å². The molecule has 0 spiro atoms. The third kappa shape index (κ3) is 14.2. The predicted molar refractivity (Wildman–Crippen MR) is 174 cm³/mol. The standard InChI is InChI=1S/C36H59O2P/c1-3-5-7-9-11-12-13-14-15-16-17-18-20-25-32-39(37,38)35-31-26-30-34(27-22-19-10-8-6-4-2)36(35)33-28-23-21-24-29-33/h21,23-24,26,28-31H,3-20,22,25,27,32H2,1-2H3,(H,37,38). The van der Waals surface area contributed by atoms with Crippen LogP contribution in [0, 0.1) is 0 Å². The van der Waals surface area contributed by atoms with Crippen molar-refractivity contribution in [2.75, 3.05) is 6.16 Å². The molecule has 0 amide bonds. The van der Waals surface area contributed by atoms with Crippen molar-refractivity contribution in [3.05, 3.63) is 54.1 Å². The van der Waals surface area contributed by atoms with E-state index in [9.17, 15) is 9.46 Å². The van der Waals surface area contributed by atoms with Gasteiger partial charge >= 0.3 is 0 Å². The van der Waals surface area contributed by atoms with E-state index >= 15 is 0 Å². The molecule has 0 radical (unpaired) electrons. The molecule has 0 aliphatic carbocycles. The molecule has 1 N–H and O–H groups in total.